The molecule has 0 saturated carbocycles. The van der Waals surface area contributed by atoms with E-state index in [-0.39, 0.29) is 30.1 Å². The number of ether oxygens (including phenoxy) is 2. The van der Waals surface area contributed by atoms with Gasteiger partial charge in [-0.05, 0) is 36.2 Å². The summed E-state index contributed by atoms with van der Waals surface area (Å²) in [4.78, 5) is 25.3. The number of nitrogen functional groups attached to an aromatic ring is 1. The van der Waals surface area contributed by atoms with E-state index in [2.05, 4.69) is 10.6 Å². The van der Waals surface area contributed by atoms with E-state index in [0.29, 0.717) is 28.4 Å². The van der Waals surface area contributed by atoms with Crippen molar-refractivity contribution in [3.8, 4) is 11.5 Å². The van der Waals surface area contributed by atoms with E-state index in [9.17, 15) is 9.59 Å². The Kier molecular flexibility index (Phi) is 8.60. The number of halogens is 1. The minimum absolute atomic E-state index is 0. The molecule has 0 radical (unpaired) electrons. The summed E-state index contributed by atoms with van der Waals surface area (Å²) in [7, 11) is 3.01. The normalized spacial score (nSPS) is 11.2. The summed E-state index contributed by atoms with van der Waals surface area (Å²) >= 11 is 0. The zero-order valence-corrected chi connectivity index (χ0v) is 17.1. The van der Waals surface area contributed by atoms with Gasteiger partial charge < -0.3 is 25.8 Å². The first-order valence-electron chi connectivity index (χ1n) is 8.55. The van der Waals surface area contributed by atoms with Gasteiger partial charge in [-0.3, -0.25) is 9.59 Å². The topological polar surface area (TPSA) is 103 Å². The third-order valence-corrected chi connectivity index (χ3v) is 4.08. The van der Waals surface area contributed by atoms with Crippen LogP contribution in [0.2, 0.25) is 0 Å². The molecule has 2 amide bonds. The summed E-state index contributed by atoms with van der Waals surface area (Å²) in [5.74, 6) is 0.131. The van der Waals surface area contributed by atoms with Gasteiger partial charge in [0.1, 0.15) is 17.5 Å². The third kappa shape index (κ3) is 5.53. The predicted octanol–water partition coefficient (Wildman–Crippen LogP) is 3.10. The highest BCUT2D eigenvalue weighted by Gasteiger charge is 2.26. The lowest BCUT2D eigenvalue weighted by Crippen LogP contribution is -2.47. The molecule has 1 atom stereocenters. The van der Waals surface area contributed by atoms with E-state index >= 15 is 0 Å². The van der Waals surface area contributed by atoms with Crippen molar-refractivity contribution in [3.05, 3.63) is 48.0 Å². The van der Waals surface area contributed by atoms with Gasteiger partial charge in [-0.1, -0.05) is 26.0 Å². The monoisotopic (exact) mass is 407 g/mol. The molecule has 8 heteroatoms. The van der Waals surface area contributed by atoms with Crippen LogP contribution in [0, 0.1) is 5.92 Å². The van der Waals surface area contributed by atoms with E-state index in [0.717, 1.165) is 0 Å². The smallest absolute Gasteiger partial charge is 0.255 e. The Morgan fingerprint density at radius 3 is 2.21 bits per heavy atom. The predicted molar refractivity (Wildman–Crippen MR) is 112 cm³/mol. The maximum absolute atomic E-state index is 12.7. The molecule has 0 aliphatic rings. The highest BCUT2D eigenvalue weighted by Crippen LogP contribution is 2.25. The molecule has 1 unspecified atom stereocenters. The molecule has 28 heavy (non-hydrogen) atoms. The first-order chi connectivity index (χ1) is 12.9. The Morgan fingerprint density at radius 1 is 1.00 bits per heavy atom. The first-order valence-corrected chi connectivity index (χ1v) is 8.55. The molecule has 0 fully saturated rings. The molecule has 2 aromatic rings. The number of anilines is 2. The van der Waals surface area contributed by atoms with Crippen molar-refractivity contribution in [2.24, 2.45) is 5.92 Å². The van der Waals surface area contributed by atoms with Gasteiger partial charge in [0.2, 0.25) is 5.91 Å². The van der Waals surface area contributed by atoms with Gasteiger partial charge >= 0.3 is 0 Å². The summed E-state index contributed by atoms with van der Waals surface area (Å²) in [6.07, 6.45) is 0. The number of nitrogens with two attached hydrogens (primary N) is 1. The maximum Gasteiger partial charge on any atom is 0.255 e. The fraction of sp³-hybridized carbons (Fsp3) is 0.300. The van der Waals surface area contributed by atoms with Crippen LogP contribution in [0.4, 0.5) is 11.4 Å². The van der Waals surface area contributed by atoms with Crippen LogP contribution in [-0.4, -0.2) is 32.1 Å². The van der Waals surface area contributed by atoms with Crippen LogP contribution in [0.25, 0.3) is 0 Å². The number of para-hydroxylation sites is 1. The Bertz CT molecular complexity index is 827. The average molecular weight is 408 g/mol. The molecular weight excluding hydrogens is 382 g/mol. The number of carbonyl (C=O) groups is 2. The molecule has 0 aromatic heterocycles. The van der Waals surface area contributed by atoms with Gasteiger partial charge in [-0.25, -0.2) is 0 Å². The third-order valence-electron chi connectivity index (χ3n) is 4.08. The van der Waals surface area contributed by atoms with Crippen molar-refractivity contribution in [1.29, 1.82) is 0 Å². The summed E-state index contributed by atoms with van der Waals surface area (Å²) < 4.78 is 10.3. The zero-order chi connectivity index (χ0) is 20.0. The van der Waals surface area contributed by atoms with Crippen LogP contribution < -0.4 is 25.8 Å². The Hall–Kier alpha value is -2.93. The largest absolute Gasteiger partial charge is 0.496 e. The second-order valence-corrected chi connectivity index (χ2v) is 6.34. The van der Waals surface area contributed by atoms with Crippen molar-refractivity contribution < 1.29 is 19.1 Å². The first kappa shape index (κ1) is 23.1. The van der Waals surface area contributed by atoms with Gasteiger partial charge in [-0.15, -0.1) is 12.4 Å². The van der Waals surface area contributed by atoms with Crippen molar-refractivity contribution >= 4 is 35.6 Å². The van der Waals surface area contributed by atoms with Crippen molar-refractivity contribution in [3.63, 3.8) is 0 Å². The number of benzene rings is 2. The average Bonchev–Trinajstić information content (AvgIpc) is 2.65. The molecule has 0 aliphatic heterocycles. The fourth-order valence-corrected chi connectivity index (χ4v) is 2.62. The summed E-state index contributed by atoms with van der Waals surface area (Å²) in [5.41, 5.74) is 7.18. The van der Waals surface area contributed by atoms with Crippen molar-refractivity contribution in [1.82, 2.24) is 5.32 Å². The lowest BCUT2D eigenvalue weighted by Gasteiger charge is -2.22. The Labute approximate surface area is 171 Å². The number of carbonyl (C=O) groups excluding carboxylic acids is 2. The van der Waals surface area contributed by atoms with Crippen LogP contribution in [0.3, 0.4) is 0 Å². The molecule has 0 heterocycles. The van der Waals surface area contributed by atoms with E-state index in [1.165, 1.54) is 14.2 Å². The quantitative estimate of drug-likeness (QED) is 0.612. The molecule has 4 N–H and O–H groups in total. The molecule has 7 nitrogen and oxygen atoms in total. The zero-order valence-electron chi connectivity index (χ0n) is 16.3. The van der Waals surface area contributed by atoms with Gasteiger partial charge in [0.05, 0.1) is 25.5 Å². The summed E-state index contributed by atoms with van der Waals surface area (Å²) in [6, 6.07) is 11.1. The minimum atomic E-state index is -0.731. The molecule has 0 spiro atoms. The number of hydrogen-bond acceptors (Lipinski definition) is 5. The molecule has 2 aromatic carbocycles. The molecule has 2 rings (SSSR count). The molecule has 0 saturated heterocycles. The van der Waals surface area contributed by atoms with Crippen LogP contribution >= 0.6 is 12.4 Å². The number of amides is 2. The molecule has 0 bridgehead atoms. The molecular formula is C20H26ClN3O4. The number of rotatable bonds is 7. The second-order valence-electron chi connectivity index (χ2n) is 6.34. The van der Waals surface area contributed by atoms with E-state index in [4.69, 9.17) is 15.2 Å². The Balaban J connectivity index is 0.00000392. The lowest BCUT2D eigenvalue weighted by atomic mass is 10.0. The SMILES string of the molecule is COc1ccc(NC(=O)C(NC(=O)c2ccccc2OC)C(C)C)cc1N.Cl. The second kappa shape index (κ2) is 10.4. The number of nitrogens with one attached hydrogen (secondary N) is 2. The van der Waals surface area contributed by atoms with Gasteiger partial charge in [0, 0.05) is 5.69 Å². The van der Waals surface area contributed by atoms with E-state index in [1.807, 2.05) is 13.8 Å². The number of methoxy groups -OCH3 is 2. The van der Waals surface area contributed by atoms with E-state index in [1.54, 1.807) is 42.5 Å². The van der Waals surface area contributed by atoms with E-state index < -0.39 is 6.04 Å². The highest BCUT2D eigenvalue weighted by molar-refractivity contribution is 6.02. The van der Waals surface area contributed by atoms with Gasteiger partial charge in [0.25, 0.3) is 5.91 Å². The lowest BCUT2D eigenvalue weighted by molar-refractivity contribution is -0.118. The van der Waals surface area contributed by atoms with Crippen LogP contribution in [0.15, 0.2) is 42.5 Å². The highest BCUT2D eigenvalue weighted by atomic mass is 35.5. The molecule has 0 aliphatic carbocycles. The van der Waals surface area contributed by atoms with Crippen LogP contribution in [0.1, 0.15) is 24.2 Å². The Morgan fingerprint density at radius 2 is 1.64 bits per heavy atom. The van der Waals surface area contributed by atoms with Crippen molar-refractivity contribution in [2.45, 2.75) is 19.9 Å². The van der Waals surface area contributed by atoms with Crippen molar-refractivity contribution in [2.75, 3.05) is 25.3 Å². The van der Waals surface area contributed by atoms with Crippen LogP contribution in [-0.2, 0) is 4.79 Å². The maximum atomic E-state index is 12.7. The fourth-order valence-electron chi connectivity index (χ4n) is 2.62. The minimum Gasteiger partial charge on any atom is -0.496 e. The van der Waals surface area contributed by atoms with Gasteiger partial charge in [0.15, 0.2) is 0 Å². The van der Waals surface area contributed by atoms with Gasteiger partial charge in [-0.2, -0.15) is 0 Å². The summed E-state index contributed by atoms with van der Waals surface area (Å²) in [6.45, 7) is 3.71. The standard InChI is InChI=1S/C20H25N3O4.ClH/c1-12(2)18(23-19(24)14-7-5-6-8-16(14)26-3)20(25)22-13-9-10-17(27-4)15(21)11-13;/h5-12,18H,21H2,1-4H3,(H,22,25)(H,23,24);1H. The number of hydrogen-bond donors (Lipinski definition) is 3. The summed E-state index contributed by atoms with van der Waals surface area (Å²) in [5, 5.41) is 5.56. The molecule has 152 valence electrons. The van der Waals surface area contributed by atoms with Crippen LogP contribution in [0.5, 0.6) is 11.5 Å².